The number of amides is 1. The Morgan fingerprint density at radius 2 is 1.86 bits per heavy atom. The average Bonchev–Trinajstić information content (AvgIpc) is 3.15. The molecular formula is C23H23F3N4O5. The van der Waals surface area contributed by atoms with E-state index in [4.69, 9.17) is 14.2 Å². The molecule has 0 unspecified atom stereocenters. The zero-order chi connectivity index (χ0) is 25.6. The summed E-state index contributed by atoms with van der Waals surface area (Å²) in [6.07, 6.45) is -3.34. The molecule has 0 radical (unpaired) electrons. The van der Waals surface area contributed by atoms with Crippen LogP contribution in [0, 0.1) is 13.8 Å². The number of ether oxygens (including phenoxy) is 3. The van der Waals surface area contributed by atoms with Crippen LogP contribution in [0.3, 0.4) is 0 Å². The lowest BCUT2D eigenvalue weighted by Gasteiger charge is -2.15. The number of nitrogens with zero attached hydrogens (tertiary/aromatic N) is 3. The third kappa shape index (κ3) is 6.79. The van der Waals surface area contributed by atoms with Gasteiger partial charge in [0.2, 0.25) is 0 Å². The van der Waals surface area contributed by atoms with Crippen LogP contribution in [-0.2, 0) is 20.4 Å². The van der Waals surface area contributed by atoms with Crippen molar-refractivity contribution in [2.75, 3.05) is 32.2 Å². The zero-order valence-corrected chi connectivity index (χ0v) is 19.2. The molecule has 12 heteroatoms. The van der Waals surface area contributed by atoms with Crippen molar-refractivity contribution >= 4 is 17.6 Å². The Bertz CT molecular complexity index is 1190. The molecule has 35 heavy (non-hydrogen) atoms. The monoisotopic (exact) mass is 492 g/mol. The number of aromatic nitrogens is 3. The highest BCUT2D eigenvalue weighted by Gasteiger charge is 2.31. The van der Waals surface area contributed by atoms with Crippen molar-refractivity contribution in [2.24, 2.45) is 0 Å². The lowest BCUT2D eigenvalue weighted by molar-refractivity contribution is -0.137. The third-order valence-corrected chi connectivity index (χ3v) is 4.67. The maximum atomic E-state index is 13.1. The maximum absolute atomic E-state index is 13.1. The second-order valence-electron chi connectivity index (χ2n) is 7.42. The molecule has 9 nitrogen and oxygen atoms in total. The minimum absolute atomic E-state index is 0.0127. The van der Waals surface area contributed by atoms with Crippen molar-refractivity contribution in [1.29, 1.82) is 0 Å². The molecule has 3 rings (SSSR count). The number of anilines is 1. The molecule has 0 aliphatic heterocycles. The second kappa shape index (κ2) is 11.0. The predicted octanol–water partition coefficient (Wildman–Crippen LogP) is 3.72. The minimum atomic E-state index is -4.62. The topological polar surface area (TPSA) is 105 Å². The van der Waals surface area contributed by atoms with E-state index < -0.39 is 30.2 Å². The number of hydrogen-bond acceptors (Lipinski definition) is 7. The van der Waals surface area contributed by atoms with Gasteiger partial charge in [0, 0.05) is 19.0 Å². The van der Waals surface area contributed by atoms with Crippen molar-refractivity contribution in [1.82, 2.24) is 14.8 Å². The fraction of sp³-hybridized carbons (Fsp3) is 0.304. The molecular weight excluding hydrogens is 469 g/mol. The van der Waals surface area contributed by atoms with E-state index in [0.29, 0.717) is 5.82 Å². The van der Waals surface area contributed by atoms with E-state index in [9.17, 15) is 22.8 Å². The number of rotatable bonds is 9. The van der Waals surface area contributed by atoms with Crippen LogP contribution in [0.15, 0.2) is 42.6 Å². The number of hydrogen-bond donors (Lipinski definition) is 1. The SMILES string of the molecule is COCCOc1ccc(C(F)(F)F)cc1NC(=O)COC(=O)c1ccc(-n2nc(C)cc2C)nc1. The number of carbonyl (C=O) groups is 2. The standard InChI is InChI=1S/C23H23F3N4O5/c1-14-10-15(2)30(29-14)20-7-4-16(12-27-20)22(32)35-13-21(31)28-18-11-17(23(24,25)26)5-6-19(18)34-9-8-33-3/h4-7,10-12H,8-9,13H2,1-3H3,(H,28,31). The molecule has 0 aliphatic carbocycles. The van der Waals surface area contributed by atoms with Crippen molar-refractivity contribution in [3.8, 4) is 11.6 Å². The van der Waals surface area contributed by atoms with E-state index >= 15 is 0 Å². The van der Waals surface area contributed by atoms with E-state index in [1.807, 2.05) is 19.9 Å². The summed E-state index contributed by atoms with van der Waals surface area (Å²) in [6.45, 7) is 3.22. The molecule has 1 amide bonds. The molecule has 0 aliphatic rings. The summed E-state index contributed by atoms with van der Waals surface area (Å²) in [4.78, 5) is 28.8. The molecule has 2 heterocycles. The number of carbonyl (C=O) groups excluding carboxylic acids is 2. The van der Waals surface area contributed by atoms with Gasteiger partial charge in [-0.3, -0.25) is 4.79 Å². The van der Waals surface area contributed by atoms with Gasteiger partial charge in [-0.1, -0.05) is 0 Å². The summed E-state index contributed by atoms with van der Waals surface area (Å²) in [7, 11) is 1.44. The molecule has 0 fully saturated rings. The minimum Gasteiger partial charge on any atom is -0.489 e. The number of halogens is 3. The van der Waals surface area contributed by atoms with Gasteiger partial charge in [0.1, 0.15) is 12.4 Å². The Hall–Kier alpha value is -3.93. The van der Waals surface area contributed by atoms with Crippen LogP contribution in [0.4, 0.5) is 18.9 Å². The van der Waals surface area contributed by atoms with Gasteiger partial charge in [-0.15, -0.1) is 0 Å². The van der Waals surface area contributed by atoms with Crippen LogP contribution in [0.2, 0.25) is 0 Å². The number of pyridine rings is 1. The van der Waals surface area contributed by atoms with E-state index in [0.717, 1.165) is 29.6 Å². The summed E-state index contributed by atoms with van der Waals surface area (Å²) in [5.41, 5.74) is 0.574. The first-order chi connectivity index (χ1) is 16.6. The summed E-state index contributed by atoms with van der Waals surface area (Å²) >= 11 is 0. The number of benzene rings is 1. The van der Waals surface area contributed by atoms with Crippen LogP contribution < -0.4 is 10.1 Å². The van der Waals surface area contributed by atoms with Crippen molar-refractivity contribution in [2.45, 2.75) is 20.0 Å². The largest absolute Gasteiger partial charge is 0.489 e. The van der Waals surface area contributed by atoms with Crippen molar-refractivity contribution < 1.29 is 37.0 Å². The van der Waals surface area contributed by atoms with E-state index in [1.54, 1.807) is 10.7 Å². The van der Waals surface area contributed by atoms with E-state index in [2.05, 4.69) is 15.4 Å². The smallest absolute Gasteiger partial charge is 0.416 e. The Balaban J connectivity index is 1.64. The van der Waals surface area contributed by atoms with Gasteiger partial charge >= 0.3 is 12.1 Å². The molecule has 0 bridgehead atoms. The van der Waals surface area contributed by atoms with Gasteiger partial charge in [0.15, 0.2) is 12.4 Å². The molecule has 0 saturated heterocycles. The fourth-order valence-corrected chi connectivity index (χ4v) is 3.06. The Morgan fingerprint density at radius 1 is 1.09 bits per heavy atom. The predicted molar refractivity (Wildman–Crippen MR) is 119 cm³/mol. The van der Waals surface area contributed by atoms with Gasteiger partial charge in [0.25, 0.3) is 5.91 Å². The van der Waals surface area contributed by atoms with Crippen LogP contribution >= 0.6 is 0 Å². The first-order valence-electron chi connectivity index (χ1n) is 10.4. The van der Waals surface area contributed by atoms with Crippen LogP contribution in [0.5, 0.6) is 5.75 Å². The van der Waals surface area contributed by atoms with Crippen LogP contribution in [0.1, 0.15) is 27.3 Å². The first kappa shape index (κ1) is 25.7. The molecule has 1 aromatic carbocycles. The number of aryl methyl sites for hydroxylation is 2. The molecule has 3 aromatic rings. The zero-order valence-electron chi connectivity index (χ0n) is 19.2. The molecule has 0 saturated carbocycles. The molecule has 0 spiro atoms. The Morgan fingerprint density at radius 3 is 2.46 bits per heavy atom. The highest BCUT2D eigenvalue weighted by atomic mass is 19.4. The Kier molecular flexibility index (Phi) is 8.07. The van der Waals surface area contributed by atoms with Crippen LogP contribution in [0.25, 0.3) is 5.82 Å². The molecule has 2 aromatic heterocycles. The lowest BCUT2D eigenvalue weighted by Crippen LogP contribution is -2.22. The van der Waals surface area contributed by atoms with Crippen LogP contribution in [-0.4, -0.2) is 53.6 Å². The van der Waals surface area contributed by atoms with Gasteiger partial charge in [-0.05, 0) is 50.2 Å². The van der Waals surface area contributed by atoms with Gasteiger partial charge in [-0.2, -0.15) is 18.3 Å². The molecule has 1 N–H and O–H groups in total. The summed E-state index contributed by atoms with van der Waals surface area (Å²) in [5.74, 6) is -1.16. The van der Waals surface area contributed by atoms with Gasteiger partial charge < -0.3 is 19.5 Å². The van der Waals surface area contributed by atoms with Gasteiger partial charge in [0.05, 0.1) is 29.1 Å². The Labute approximate surface area is 198 Å². The highest BCUT2D eigenvalue weighted by Crippen LogP contribution is 2.35. The molecule has 186 valence electrons. The first-order valence-corrected chi connectivity index (χ1v) is 10.4. The van der Waals surface area contributed by atoms with E-state index in [-0.39, 0.29) is 30.2 Å². The third-order valence-electron chi connectivity index (χ3n) is 4.67. The average molecular weight is 492 g/mol. The summed E-state index contributed by atoms with van der Waals surface area (Å²) in [6, 6.07) is 7.58. The van der Waals surface area contributed by atoms with Gasteiger partial charge in [-0.25, -0.2) is 14.5 Å². The number of alkyl halides is 3. The maximum Gasteiger partial charge on any atom is 0.416 e. The van der Waals surface area contributed by atoms with E-state index in [1.165, 1.54) is 19.4 Å². The lowest BCUT2D eigenvalue weighted by atomic mass is 10.1. The summed E-state index contributed by atoms with van der Waals surface area (Å²) < 4.78 is 56.1. The van der Waals surface area contributed by atoms with Crippen molar-refractivity contribution in [3.05, 3.63) is 65.1 Å². The van der Waals surface area contributed by atoms with Crippen molar-refractivity contribution in [3.63, 3.8) is 0 Å². The quantitative estimate of drug-likeness (QED) is 0.359. The fourth-order valence-electron chi connectivity index (χ4n) is 3.06. The summed E-state index contributed by atoms with van der Waals surface area (Å²) in [5, 5.41) is 6.59. The second-order valence-corrected chi connectivity index (χ2v) is 7.42. The molecule has 0 atom stereocenters. The number of nitrogens with one attached hydrogen (secondary N) is 1. The number of methoxy groups -OCH3 is 1. The highest BCUT2D eigenvalue weighted by molar-refractivity contribution is 5.96. The number of esters is 1. The normalized spacial score (nSPS) is 11.3.